The Labute approximate surface area is 85.2 Å². The topological polar surface area (TPSA) is 41.5 Å². The zero-order valence-corrected chi connectivity index (χ0v) is 9.40. The summed E-state index contributed by atoms with van der Waals surface area (Å²) in [5.41, 5.74) is 0. The van der Waals surface area contributed by atoms with Crippen LogP contribution in [0.5, 0.6) is 0 Å². The van der Waals surface area contributed by atoms with Gasteiger partial charge in [0.25, 0.3) is 0 Å². The van der Waals surface area contributed by atoms with Gasteiger partial charge in [0.1, 0.15) is 0 Å². The molecule has 0 saturated carbocycles. The Morgan fingerprint density at radius 2 is 2.15 bits per heavy atom. The third kappa shape index (κ3) is 10.1. The summed E-state index contributed by atoms with van der Waals surface area (Å²) in [5.74, 6) is 0. The van der Waals surface area contributed by atoms with E-state index in [4.69, 9.17) is 9.84 Å². The number of aliphatic hydroxyl groups excluding tert-OH is 1. The minimum atomic E-state index is 0.127. The van der Waals surface area contributed by atoms with Crippen molar-refractivity contribution < 1.29 is 9.84 Å². The molecule has 0 saturated heterocycles. The molecule has 0 aromatic rings. The number of unbranched alkanes of at least 4 members (excludes halogenated alkanes) is 1. The predicted octanol–water partition coefficient (Wildman–Crippen LogP) is 1.07. The molecule has 13 heavy (non-hydrogen) atoms. The molecule has 0 heterocycles. The number of hydrogen-bond acceptors (Lipinski definition) is 4. The summed E-state index contributed by atoms with van der Waals surface area (Å²) in [6, 6.07) is 0. The largest absolute Gasteiger partial charge is 0.394 e. The number of ether oxygens (including phenoxy) is 1. The summed E-state index contributed by atoms with van der Waals surface area (Å²) in [4.78, 5) is 0. The first kappa shape index (κ1) is 13.2. The molecular weight excluding hydrogens is 186 g/mol. The van der Waals surface area contributed by atoms with Gasteiger partial charge in [-0.1, -0.05) is 0 Å². The van der Waals surface area contributed by atoms with E-state index in [0.717, 1.165) is 26.0 Å². The van der Waals surface area contributed by atoms with Gasteiger partial charge in [-0.05, 0) is 32.6 Å². The molecule has 3 nitrogen and oxygen atoms in total. The van der Waals surface area contributed by atoms with Crippen molar-refractivity contribution in [1.82, 2.24) is 5.32 Å². The summed E-state index contributed by atoms with van der Waals surface area (Å²) in [6.45, 7) is 4.56. The Hall–Kier alpha value is 0.230. The quantitative estimate of drug-likeness (QED) is 0.438. The van der Waals surface area contributed by atoms with Gasteiger partial charge in [0.15, 0.2) is 0 Å². The first-order valence-corrected chi connectivity index (χ1v) is 6.05. The molecule has 0 radical (unpaired) electrons. The SMILES string of the molecule is CSC(C)NCCCCOCCO. The lowest BCUT2D eigenvalue weighted by molar-refractivity contribution is 0.0898. The van der Waals surface area contributed by atoms with Crippen LogP contribution in [0.15, 0.2) is 0 Å². The number of thioether (sulfide) groups is 1. The number of nitrogens with one attached hydrogen (secondary N) is 1. The van der Waals surface area contributed by atoms with E-state index in [1.54, 1.807) is 0 Å². The Bertz CT molecular complexity index is 104. The first-order valence-electron chi connectivity index (χ1n) is 4.76. The highest BCUT2D eigenvalue weighted by atomic mass is 32.2. The average Bonchev–Trinajstić information content (AvgIpc) is 2.16. The second kappa shape index (κ2) is 10.3. The van der Waals surface area contributed by atoms with E-state index < -0.39 is 0 Å². The molecule has 2 N–H and O–H groups in total. The van der Waals surface area contributed by atoms with Gasteiger partial charge >= 0.3 is 0 Å². The molecular formula is C9H21NO2S. The van der Waals surface area contributed by atoms with E-state index in [1.165, 1.54) is 0 Å². The molecule has 1 unspecified atom stereocenters. The van der Waals surface area contributed by atoms with E-state index in [-0.39, 0.29) is 6.61 Å². The minimum absolute atomic E-state index is 0.127. The van der Waals surface area contributed by atoms with Crippen LogP contribution in [0.2, 0.25) is 0 Å². The zero-order chi connectivity index (χ0) is 9.94. The molecule has 80 valence electrons. The van der Waals surface area contributed by atoms with E-state index in [2.05, 4.69) is 18.5 Å². The molecule has 0 aromatic carbocycles. The van der Waals surface area contributed by atoms with Crippen LogP contribution in [0.3, 0.4) is 0 Å². The van der Waals surface area contributed by atoms with Crippen LogP contribution in [0.4, 0.5) is 0 Å². The van der Waals surface area contributed by atoms with Gasteiger partial charge in [-0.15, -0.1) is 11.8 Å². The maximum absolute atomic E-state index is 8.43. The molecule has 0 rings (SSSR count). The maximum atomic E-state index is 8.43. The zero-order valence-electron chi connectivity index (χ0n) is 8.58. The Morgan fingerprint density at radius 3 is 2.77 bits per heavy atom. The molecule has 4 heteroatoms. The van der Waals surface area contributed by atoms with Crippen molar-refractivity contribution in [3.63, 3.8) is 0 Å². The smallest absolute Gasteiger partial charge is 0.0697 e. The minimum Gasteiger partial charge on any atom is -0.394 e. The van der Waals surface area contributed by atoms with Crippen molar-refractivity contribution in [3.05, 3.63) is 0 Å². The molecule has 0 aromatic heterocycles. The van der Waals surface area contributed by atoms with Gasteiger partial charge < -0.3 is 15.2 Å². The van der Waals surface area contributed by atoms with Gasteiger partial charge in [-0.3, -0.25) is 0 Å². The monoisotopic (exact) mass is 207 g/mol. The molecule has 0 aliphatic carbocycles. The van der Waals surface area contributed by atoms with Crippen molar-refractivity contribution >= 4 is 11.8 Å². The highest BCUT2D eigenvalue weighted by Crippen LogP contribution is 2.00. The molecule has 1 atom stereocenters. The summed E-state index contributed by atoms with van der Waals surface area (Å²) >= 11 is 1.82. The molecule has 0 aliphatic heterocycles. The third-order valence-corrected chi connectivity index (χ3v) is 2.61. The van der Waals surface area contributed by atoms with Crippen molar-refractivity contribution in [2.45, 2.75) is 25.1 Å². The van der Waals surface area contributed by atoms with Crippen molar-refractivity contribution in [1.29, 1.82) is 0 Å². The maximum Gasteiger partial charge on any atom is 0.0697 e. The highest BCUT2D eigenvalue weighted by Gasteiger charge is 1.95. The summed E-state index contributed by atoms with van der Waals surface area (Å²) < 4.78 is 5.13. The molecule has 0 fully saturated rings. The van der Waals surface area contributed by atoms with Crippen molar-refractivity contribution in [2.75, 3.05) is 32.6 Å². The predicted molar refractivity (Wildman–Crippen MR) is 58.1 cm³/mol. The molecule has 0 bridgehead atoms. The third-order valence-electron chi connectivity index (χ3n) is 1.74. The summed E-state index contributed by atoms with van der Waals surface area (Å²) in [5, 5.41) is 12.4. The normalized spacial score (nSPS) is 13.2. The van der Waals surface area contributed by atoms with E-state index in [0.29, 0.717) is 12.0 Å². The Morgan fingerprint density at radius 1 is 1.38 bits per heavy atom. The van der Waals surface area contributed by atoms with Crippen LogP contribution in [-0.4, -0.2) is 43.1 Å². The van der Waals surface area contributed by atoms with Crippen LogP contribution in [0.25, 0.3) is 0 Å². The van der Waals surface area contributed by atoms with Crippen LogP contribution >= 0.6 is 11.8 Å². The lowest BCUT2D eigenvalue weighted by Crippen LogP contribution is -2.23. The van der Waals surface area contributed by atoms with E-state index in [1.807, 2.05) is 11.8 Å². The van der Waals surface area contributed by atoms with Gasteiger partial charge in [-0.25, -0.2) is 0 Å². The summed E-state index contributed by atoms with van der Waals surface area (Å²) in [6.07, 6.45) is 4.30. The standard InChI is InChI=1S/C9H21NO2S/c1-9(13-2)10-5-3-4-7-12-8-6-11/h9-11H,3-8H2,1-2H3. The van der Waals surface area contributed by atoms with Crippen LogP contribution in [-0.2, 0) is 4.74 Å². The second-order valence-corrected chi connectivity index (χ2v) is 4.05. The van der Waals surface area contributed by atoms with Crippen molar-refractivity contribution in [2.24, 2.45) is 0 Å². The van der Waals surface area contributed by atoms with Crippen LogP contribution in [0.1, 0.15) is 19.8 Å². The first-order chi connectivity index (χ1) is 6.31. The fourth-order valence-corrected chi connectivity index (χ4v) is 1.17. The molecule has 0 amide bonds. The van der Waals surface area contributed by atoms with Crippen LogP contribution in [0, 0.1) is 0 Å². The fraction of sp³-hybridized carbons (Fsp3) is 1.00. The van der Waals surface area contributed by atoms with Crippen molar-refractivity contribution in [3.8, 4) is 0 Å². The highest BCUT2D eigenvalue weighted by molar-refractivity contribution is 7.99. The average molecular weight is 207 g/mol. The van der Waals surface area contributed by atoms with Gasteiger partial charge in [-0.2, -0.15) is 0 Å². The number of rotatable bonds is 9. The summed E-state index contributed by atoms with van der Waals surface area (Å²) in [7, 11) is 0. The second-order valence-electron chi connectivity index (χ2n) is 2.88. The van der Waals surface area contributed by atoms with E-state index in [9.17, 15) is 0 Å². The van der Waals surface area contributed by atoms with E-state index >= 15 is 0 Å². The number of aliphatic hydroxyl groups is 1. The van der Waals surface area contributed by atoms with Gasteiger partial charge in [0.2, 0.25) is 0 Å². The van der Waals surface area contributed by atoms with Crippen LogP contribution < -0.4 is 5.32 Å². The van der Waals surface area contributed by atoms with Gasteiger partial charge in [0.05, 0.1) is 18.6 Å². The lowest BCUT2D eigenvalue weighted by Gasteiger charge is -2.10. The molecule has 0 spiro atoms. The lowest BCUT2D eigenvalue weighted by atomic mass is 10.3. The fourth-order valence-electron chi connectivity index (χ4n) is 0.884. The Balaban J connectivity index is 2.91. The number of hydrogen-bond donors (Lipinski definition) is 2. The van der Waals surface area contributed by atoms with Gasteiger partial charge in [0, 0.05) is 6.61 Å². The molecule has 0 aliphatic rings. The Kier molecular flexibility index (Phi) is 10.5.